The monoisotopic (exact) mass is 309 g/mol. The van der Waals surface area contributed by atoms with E-state index in [4.69, 9.17) is 0 Å². The van der Waals surface area contributed by atoms with E-state index in [2.05, 4.69) is 0 Å². The third-order valence-corrected chi connectivity index (χ3v) is 4.09. The van der Waals surface area contributed by atoms with Crippen molar-refractivity contribution >= 4 is 11.9 Å². The predicted octanol–water partition coefficient (Wildman–Crippen LogP) is 3.12. The van der Waals surface area contributed by atoms with Gasteiger partial charge in [-0.15, -0.1) is 0 Å². The zero-order chi connectivity index (χ0) is 16.2. The summed E-state index contributed by atoms with van der Waals surface area (Å²) in [5.74, 6) is -1.00. The maximum atomic E-state index is 12.7. The molecule has 2 aromatic carbocycles. The van der Waals surface area contributed by atoms with Crippen molar-refractivity contribution in [3.05, 3.63) is 71.3 Å². The van der Waals surface area contributed by atoms with Crippen LogP contribution in [0.4, 0.5) is 0 Å². The maximum Gasteiger partial charge on any atom is 0.335 e. The highest BCUT2D eigenvalue weighted by molar-refractivity contribution is 5.91. The first-order valence-corrected chi connectivity index (χ1v) is 7.80. The second-order valence-electron chi connectivity index (χ2n) is 5.88. The first kappa shape index (κ1) is 15.3. The molecule has 4 nitrogen and oxygen atoms in total. The van der Waals surface area contributed by atoms with Crippen molar-refractivity contribution in [3.63, 3.8) is 0 Å². The van der Waals surface area contributed by atoms with Crippen LogP contribution >= 0.6 is 0 Å². The van der Waals surface area contributed by atoms with E-state index in [1.165, 1.54) is 0 Å². The van der Waals surface area contributed by atoms with Crippen LogP contribution < -0.4 is 0 Å². The minimum atomic E-state index is -0.991. The molecule has 0 spiro atoms. The third-order valence-electron chi connectivity index (χ3n) is 4.09. The van der Waals surface area contributed by atoms with Crippen LogP contribution in [-0.4, -0.2) is 27.9 Å². The van der Waals surface area contributed by atoms with Crippen molar-refractivity contribution in [2.24, 2.45) is 0 Å². The topological polar surface area (TPSA) is 57.6 Å². The number of rotatable bonds is 6. The van der Waals surface area contributed by atoms with Crippen molar-refractivity contribution < 1.29 is 14.7 Å². The second kappa shape index (κ2) is 6.65. The van der Waals surface area contributed by atoms with Gasteiger partial charge in [-0.05, 0) is 30.0 Å². The molecule has 1 amide bonds. The van der Waals surface area contributed by atoms with Crippen LogP contribution in [0.2, 0.25) is 0 Å². The van der Waals surface area contributed by atoms with Gasteiger partial charge in [-0.25, -0.2) is 4.79 Å². The first-order valence-electron chi connectivity index (χ1n) is 7.80. The number of carboxylic acid groups (broad SMARTS) is 1. The van der Waals surface area contributed by atoms with Crippen molar-refractivity contribution in [1.82, 2.24) is 4.90 Å². The lowest BCUT2D eigenvalue weighted by Gasteiger charge is -2.23. The van der Waals surface area contributed by atoms with Gasteiger partial charge in [-0.2, -0.15) is 0 Å². The van der Waals surface area contributed by atoms with E-state index in [1.54, 1.807) is 24.3 Å². The Bertz CT molecular complexity index is 708. The van der Waals surface area contributed by atoms with Gasteiger partial charge in [-0.3, -0.25) is 4.79 Å². The van der Waals surface area contributed by atoms with E-state index < -0.39 is 5.97 Å². The molecule has 1 fully saturated rings. The highest BCUT2D eigenvalue weighted by Gasteiger charge is 2.32. The summed E-state index contributed by atoms with van der Waals surface area (Å²) < 4.78 is 0. The molecule has 0 atom stereocenters. The number of amides is 1. The Balaban J connectivity index is 1.76. The molecule has 0 bridgehead atoms. The fourth-order valence-corrected chi connectivity index (χ4v) is 2.73. The number of carbonyl (C=O) groups is 2. The number of hydrogen-bond donors (Lipinski definition) is 1. The van der Waals surface area contributed by atoms with Crippen LogP contribution in [0.1, 0.15) is 34.3 Å². The van der Waals surface area contributed by atoms with Gasteiger partial charge in [0.2, 0.25) is 5.91 Å². The zero-order valence-corrected chi connectivity index (χ0v) is 12.8. The Labute approximate surface area is 135 Å². The summed E-state index contributed by atoms with van der Waals surface area (Å²) in [5, 5.41) is 9.25. The minimum absolute atomic E-state index is 0.00921. The molecule has 1 aliphatic rings. The van der Waals surface area contributed by atoms with Crippen LogP contribution in [0, 0.1) is 0 Å². The first-order chi connectivity index (χ1) is 11.1. The average molecular weight is 309 g/mol. The summed E-state index contributed by atoms with van der Waals surface area (Å²) in [6.45, 7) is 0.583. The lowest BCUT2D eigenvalue weighted by molar-refractivity contribution is -0.131. The number of benzene rings is 2. The Morgan fingerprint density at radius 3 is 2.30 bits per heavy atom. The summed E-state index contributed by atoms with van der Waals surface area (Å²) in [6.07, 6.45) is 2.18. The van der Waals surface area contributed by atoms with Crippen LogP contribution in [0.15, 0.2) is 54.6 Å². The molecule has 0 heterocycles. The molecule has 2 aromatic rings. The standard InChI is InChI=1S/C19H19NO3/c21-18(12-15-8-4-5-9-17(15)19(22)23)20(16-10-11-16)13-14-6-2-1-3-7-14/h1-9,16H,10-13H2,(H,22,23). The lowest BCUT2D eigenvalue weighted by atomic mass is 10.0. The number of carbonyl (C=O) groups excluding carboxylic acids is 1. The fourth-order valence-electron chi connectivity index (χ4n) is 2.73. The fraction of sp³-hybridized carbons (Fsp3) is 0.263. The summed E-state index contributed by atoms with van der Waals surface area (Å²) >= 11 is 0. The number of aromatic carboxylic acids is 1. The van der Waals surface area contributed by atoms with Gasteiger partial charge < -0.3 is 10.0 Å². The van der Waals surface area contributed by atoms with Gasteiger partial charge in [0, 0.05) is 12.6 Å². The summed E-state index contributed by atoms with van der Waals surface area (Å²) in [6, 6.07) is 16.9. The summed E-state index contributed by atoms with van der Waals surface area (Å²) in [4.78, 5) is 25.9. The number of carboxylic acids is 1. The Hall–Kier alpha value is -2.62. The molecule has 0 unspecified atom stereocenters. The molecule has 0 aliphatic heterocycles. The lowest BCUT2D eigenvalue weighted by Crippen LogP contribution is -2.34. The van der Waals surface area contributed by atoms with Crippen molar-refractivity contribution in [1.29, 1.82) is 0 Å². The van der Waals surface area contributed by atoms with Gasteiger partial charge in [0.15, 0.2) is 0 Å². The molecule has 118 valence electrons. The maximum absolute atomic E-state index is 12.7. The normalized spacial score (nSPS) is 13.6. The summed E-state index contributed by atoms with van der Waals surface area (Å²) in [7, 11) is 0. The van der Waals surface area contributed by atoms with Crippen LogP contribution in [0.5, 0.6) is 0 Å². The molecule has 0 radical (unpaired) electrons. The summed E-state index contributed by atoms with van der Waals surface area (Å²) in [5.41, 5.74) is 1.87. The molecular weight excluding hydrogens is 290 g/mol. The van der Waals surface area contributed by atoms with Crippen LogP contribution in [-0.2, 0) is 17.8 Å². The predicted molar refractivity (Wildman–Crippen MR) is 87.1 cm³/mol. The van der Waals surface area contributed by atoms with E-state index in [9.17, 15) is 14.7 Å². The van der Waals surface area contributed by atoms with Crippen LogP contribution in [0.25, 0.3) is 0 Å². The van der Waals surface area contributed by atoms with Gasteiger partial charge in [0.1, 0.15) is 0 Å². The van der Waals surface area contributed by atoms with E-state index in [0.29, 0.717) is 18.2 Å². The van der Waals surface area contributed by atoms with Crippen molar-refractivity contribution in [3.8, 4) is 0 Å². The van der Waals surface area contributed by atoms with E-state index in [1.807, 2.05) is 35.2 Å². The number of hydrogen-bond acceptors (Lipinski definition) is 2. The quantitative estimate of drug-likeness (QED) is 0.892. The highest BCUT2D eigenvalue weighted by Crippen LogP contribution is 2.29. The Morgan fingerprint density at radius 1 is 1.00 bits per heavy atom. The van der Waals surface area contributed by atoms with E-state index in [0.717, 1.165) is 18.4 Å². The van der Waals surface area contributed by atoms with E-state index >= 15 is 0 Å². The third kappa shape index (κ3) is 3.77. The molecule has 3 rings (SSSR count). The zero-order valence-electron chi connectivity index (χ0n) is 12.8. The molecule has 1 N–H and O–H groups in total. The molecular formula is C19H19NO3. The van der Waals surface area contributed by atoms with Crippen molar-refractivity contribution in [2.75, 3.05) is 0 Å². The Kier molecular flexibility index (Phi) is 4.42. The number of nitrogens with zero attached hydrogens (tertiary/aromatic N) is 1. The highest BCUT2D eigenvalue weighted by atomic mass is 16.4. The molecule has 0 saturated heterocycles. The minimum Gasteiger partial charge on any atom is -0.478 e. The molecule has 23 heavy (non-hydrogen) atoms. The second-order valence-corrected chi connectivity index (χ2v) is 5.88. The average Bonchev–Trinajstić information content (AvgIpc) is 3.38. The SMILES string of the molecule is O=C(O)c1ccccc1CC(=O)N(Cc1ccccc1)C1CC1. The van der Waals surface area contributed by atoms with E-state index in [-0.39, 0.29) is 17.9 Å². The van der Waals surface area contributed by atoms with Gasteiger partial charge >= 0.3 is 5.97 Å². The van der Waals surface area contributed by atoms with Gasteiger partial charge in [0.05, 0.1) is 12.0 Å². The van der Waals surface area contributed by atoms with Crippen LogP contribution in [0.3, 0.4) is 0 Å². The smallest absolute Gasteiger partial charge is 0.335 e. The molecule has 1 aliphatic carbocycles. The molecule has 4 heteroatoms. The van der Waals surface area contributed by atoms with Gasteiger partial charge in [0.25, 0.3) is 0 Å². The largest absolute Gasteiger partial charge is 0.478 e. The Morgan fingerprint density at radius 2 is 1.65 bits per heavy atom. The van der Waals surface area contributed by atoms with Gasteiger partial charge in [-0.1, -0.05) is 48.5 Å². The molecule has 0 aromatic heterocycles. The van der Waals surface area contributed by atoms with Crippen molar-refractivity contribution in [2.45, 2.75) is 31.8 Å². The molecule has 1 saturated carbocycles.